The Bertz CT molecular complexity index is 423. The summed E-state index contributed by atoms with van der Waals surface area (Å²) in [5.41, 5.74) is 0.694. The van der Waals surface area contributed by atoms with E-state index in [-0.39, 0.29) is 5.91 Å². The Hall–Kier alpha value is -1.69. The number of carbonyl (C=O) groups is 1. The van der Waals surface area contributed by atoms with Gasteiger partial charge in [-0.2, -0.15) is 5.10 Å². The third kappa shape index (κ3) is 3.16. The normalized spacial score (nSPS) is 19.7. The van der Waals surface area contributed by atoms with Gasteiger partial charge in [0, 0.05) is 32.1 Å². The number of aromatic nitrogens is 2. The summed E-state index contributed by atoms with van der Waals surface area (Å²) in [6.07, 6.45) is 3.88. The fourth-order valence-electron chi connectivity index (χ4n) is 2.20. The smallest absolute Gasteiger partial charge is 0.221 e. The summed E-state index contributed by atoms with van der Waals surface area (Å²) in [5.74, 6) is 0.724. The first-order valence-electron chi connectivity index (χ1n) is 6.21. The summed E-state index contributed by atoms with van der Waals surface area (Å²) < 4.78 is 0. The first-order valence-corrected chi connectivity index (χ1v) is 6.21. The van der Waals surface area contributed by atoms with Gasteiger partial charge in [-0.05, 0) is 19.9 Å². The molecule has 0 spiro atoms. The molecule has 18 heavy (non-hydrogen) atoms. The molecule has 1 fully saturated rings. The molecule has 0 unspecified atom stereocenters. The summed E-state index contributed by atoms with van der Waals surface area (Å²) in [6, 6.07) is 2.36. The minimum Gasteiger partial charge on any atom is -0.354 e. The van der Waals surface area contributed by atoms with Crippen molar-refractivity contribution in [1.82, 2.24) is 15.5 Å². The highest BCUT2D eigenvalue weighted by molar-refractivity contribution is 5.88. The fourth-order valence-corrected chi connectivity index (χ4v) is 2.20. The number of likely N-dealkylation sites (N-methyl/N-ethyl adjacent to an activating group) is 1. The lowest BCUT2D eigenvalue weighted by Gasteiger charge is -2.33. The predicted octanol–water partition coefficient (Wildman–Crippen LogP) is 0.623. The molecule has 1 aliphatic heterocycles. The van der Waals surface area contributed by atoms with Crippen LogP contribution in [0, 0.1) is 0 Å². The Morgan fingerprint density at radius 2 is 2.39 bits per heavy atom. The fraction of sp³-hybridized carbons (Fsp3) is 0.583. The van der Waals surface area contributed by atoms with Crippen LogP contribution in [0.5, 0.6) is 0 Å². The third-order valence-electron chi connectivity index (χ3n) is 3.12. The van der Waals surface area contributed by atoms with E-state index in [0.717, 1.165) is 25.3 Å². The Kier molecular flexibility index (Phi) is 4.09. The topological polar surface area (TPSA) is 70.2 Å². The van der Waals surface area contributed by atoms with Crippen LogP contribution in [0.25, 0.3) is 0 Å². The molecule has 1 aliphatic rings. The summed E-state index contributed by atoms with van der Waals surface area (Å²) in [5, 5.41) is 14.1. The molecule has 1 aromatic heterocycles. The van der Waals surface area contributed by atoms with Crippen LogP contribution in [-0.4, -0.2) is 42.3 Å². The number of piperidine rings is 1. The van der Waals surface area contributed by atoms with Crippen molar-refractivity contribution in [2.45, 2.75) is 25.8 Å². The lowest BCUT2D eigenvalue weighted by molar-refractivity contribution is -0.114. The van der Waals surface area contributed by atoms with Gasteiger partial charge in [-0.3, -0.25) is 4.79 Å². The highest BCUT2D eigenvalue weighted by atomic mass is 16.1. The minimum atomic E-state index is -0.0966. The number of nitrogens with one attached hydrogen (secondary N) is 2. The largest absolute Gasteiger partial charge is 0.354 e. The van der Waals surface area contributed by atoms with E-state index >= 15 is 0 Å². The molecule has 1 amide bonds. The Balaban J connectivity index is 2.09. The van der Waals surface area contributed by atoms with Crippen molar-refractivity contribution in [2.75, 3.05) is 30.4 Å². The Morgan fingerprint density at radius 1 is 1.56 bits per heavy atom. The lowest BCUT2D eigenvalue weighted by atomic mass is 10.1. The number of hydrogen-bond acceptors (Lipinski definition) is 5. The van der Waals surface area contributed by atoms with E-state index in [2.05, 4.69) is 25.7 Å². The average molecular weight is 249 g/mol. The molecule has 0 bridgehead atoms. The van der Waals surface area contributed by atoms with Gasteiger partial charge >= 0.3 is 0 Å². The second-order valence-corrected chi connectivity index (χ2v) is 4.56. The summed E-state index contributed by atoms with van der Waals surface area (Å²) in [4.78, 5) is 13.2. The van der Waals surface area contributed by atoms with Gasteiger partial charge < -0.3 is 15.5 Å². The van der Waals surface area contributed by atoms with Gasteiger partial charge in [0.15, 0.2) is 5.82 Å². The van der Waals surface area contributed by atoms with E-state index < -0.39 is 0 Å². The minimum absolute atomic E-state index is 0.0966. The van der Waals surface area contributed by atoms with Crippen LogP contribution in [0.1, 0.15) is 19.8 Å². The van der Waals surface area contributed by atoms with Crippen molar-refractivity contribution < 1.29 is 4.79 Å². The van der Waals surface area contributed by atoms with Crippen LogP contribution in [0.3, 0.4) is 0 Å². The lowest BCUT2D eigenvalue weighted by Crippen LogP contribution is -2.44. The number of anilines is 2. The maximum atomic E-state index is 11.0. The number of hydrogen-bond donors (Lipinski definition) is 2. The molecule has 6 heteroatoms. The first kappa shape index (κ1) is 12.8. The first-order chi connectivity index (χ1) is 8.69. The number of carbonyl (C=O) groups excluding carboxylic acids is 1. The molecule has 6 nitrogen and oxygen atoms in total. The van der Waals surface area contributed by atoms with Gasteiger partial charge in [-0.1, -0.05) is 0 Å². The average Bonchev–Trinajstić information content (AvgIpc) is 2.38. The zero-order valence-electron chi connectivity index (χ0n) is 10.8. The quantitative estimate of drug-likeness (QED) is 0.822. The summed E-state index contributed by atoms with van der Waals surface area (Å²) in [7, 11) is 1.98. The zero-order chi connectivity index (χ0) is 13.0. The van der Waals surface area contributed by atoms with Gasteiger partial charge in [-0.15, -0.1) is 5.10 Å². The molecule has 98 valence electrons. The van der Waals surface area contributed by atoms with Crippen LogP contribution in [0.15, 0.2) is 12.3 Å². The van der Waals surface area contributed by atoms with Crippen LogP contribution in [0.4, 0.5) is 11.5 Å². The van der Waals surface area contributed by atoms with E-state index in [9.17, 15) is 4.79 Å². The standard InChI is InChI=1S/C12H19N5O/c1-9(18)15-11-6-12(16-14-7-11)17-5-3-4-10(8-17)13-2/h6-7,10,13H,3-5,8H2,1-2H3,(H,15,16,18)/t10-/m1/s1. The molecule has 0 aromatic carbocycles. The van der Waals surface area contributed by atoms with Crippen molar-refractivity contribution in [3.05, 3.63) is 12.3 Å². The van der Waals surface area contributed by atoms with Crippen molar-refractivity contribution in [2.24, 2.45) is 0 Å². The van der Waals surface area contributed by atoms with Crippen LogP contribution >= 0.6 is 0 Å². The number of amides is 1. The van der Waals surface area contributed by atoms with Crippen LogP contribution in [0.2, 0.25) is 0 Å². The maximum Gasteiger partial charge on any atom is 0.221 e. The number of rotatable bonds is 3. The van der Waals surface area contributed by atoms with Gasteiger partial charge in [0.25, 0.3) is 0 Å². The molecular formula is C12H19N5O. The van der Waals surface area contributed by atoms with Crippen molar-refractivity contribution in [3.63, 3.8) is 0 Å². The van der Waals surface area contributed by atoms with E-state index in [0.29, 0.717) is 11.7 Å². The third-order valence-corrected chi connectivity index (χ3v) is 3.12. The van der Waals surface area contributed by atoms with E-state index in [4.69, 9.17) is 0 Å². The monoisotopic (exact) mass is 249 g/mol. The molecule has 1 saturated heterocycles. The molecule has 0 saturated carbocycles. The molecule has 0 radical (unpaired) electrons. The molecular weight excluding hydrogens is 230 g/mol. The molecule has 0 aliphatic carbocycles. The predicted molar refractivity (Wildman–Crippen MR) is 70.6 cm³/mol. The van der Waals surface area contributed by atoms with E-state index in [1.807, 2.05) is 13.1 Å². The second-order valence-electron chi connectivity index (χ2n) is 4.56. The van der Waals surface area contributed by atoms with Gasteiger partial charge in [0.1, 0.15) is 0 Å². The SMILES string of the molecule is CN[C@@H]1CCCN(c2cc(NC(C)=O)cnn2)C1. The van der Waals surface area contributed by atoms with Crippen molar-refractivity contribution >= 4 is 17.4 Å². The Morgan fingerprint density at radius 3 is 3.11 bits per heavy atom. The molecule has 1 aromatic rings. The van der Waals surface area contributed by atoms with Crippen LogP contribution in [-0.2, 0) is 4.79 Å². The second kappa shape index (κ2) is 5.77. The molecule has 1 atom stereocenters. The Labute approximate surface area is 107 Å². The maximum absolute atomic E-state index is 11.0. The summed E-state index contributed by atoms with van der Waals surface area (Å²) in [6.45, 7) is 3.39. The zero-order valence-corrected chi connectivity index (χ0v) is 10.8. The van der Waals surface area contributed by atoms with E-state index in [1.54, 1.807) is 6.20 Å². The van der Waals surface area contributed by atoms with Crippen molar-refractivity contribution in [1.29, 1.82) is 0 Å². The number of nitrogens with zero attached hydrogens (tertiary/aromatic N) is 3. The van der Waals surface area contributed by atoms with Gasteiger partial charge in [-0.25, -0.2) is 0 Å². The highest BCUT2D eigenvalue weighted by Crippen LogP contribution is 2.19. The van der Waals surface area contributed by atoms with Crippen molar-refractivity contribution in [3.8, 4) is 0 Å². The molecule has 2 heterocycles. The van der Waals surface area contributed by atoms with Gasteiger partial charge in [0.05, 0.1) is 11.9 Å². The summed E-state index contributed by atoms with van der Waals surface area (Å²) >= 11 is 0. The highest BCUT2D eigenvalue weighted by Gasteiger charge is 2.19. The molecule has 2 rings (SSSR count). The molecule has 2 N–H and O–H groups in total. The van der Waals surface area contributed by atoms with Gasteiger partial charge in [0.2, 0.25) is 5.91 Å². The van der Waals surface area contributed by atoms with Crippen LogP contribution < -0.4 is 15.5 Å². The van der Waals surface area contributed by atoms with E-state index in [1.165, 1.54) is 13.3 Å².